The molecule has 21 heavy (non-hydrogen) atoms. The number of carbonyl (C=O) groups is 1. The van der Waals surface area contributed by atoms with Crippen LogP contribution < -0.4 is 15.8 Å². The van der Waals surface area contributed by atoms with Crippen LogP contribution in [0.1, 0.15) is 30.8 Å². The molecule has 2 aromatic rings. The number of rotatable bonds is 7. The summed E-state index contributed by atoms with van der Waals surface area (Å²) in [7, 11) is 0. The molecule has 0 aliphatic heterocycles. The van der Waals surface area contributed by atoms with Crippen molar-refractivity contribution in [3.8, 4) is 5.75 Å². The monoisotopic (exact) mass is 305 g/mol. The standard InChI is InChI=1S/C15H19N3O2S/c1-2-12(15-17-8-10-21-15)18-14(19)7-9-20-13-6-4-3-5-11(13)16/h3-6,8,10,12H,2,7,9,16H2,1H3,(H,18,19). The second-order valence-corrected chi connectivity index (χ2v) is 5.46. The summed E-state index contributed by atoms with van der Waals surface area (Å²) in [5, 5.41) is 5.81. The number of anilines is 1. The molecular formula is C15H19N3O2S. The molecule has 1 atom stereocenters. The average molecular weight is 305 g/mol. The fourth-order valence-electron chi connectivity index (χ4n) is 1.88. The van der Waals surface area contributed by atoms with Crippen molar-refractivity contribution in [2.75, 3.05) is 12.3 Å². The lowest BCUT2D eigenvalue weighted by molar-refractivity contribution is -0.122. The zero-order chi connectivity index (χ0) is 15.1. The summed E-state index contributed by atoms with van der Waals surface area (Å²) in [6.45, 7) is 2.32. The van der Waals surface area contributed by atoms with E-state index in [4.69, 9.17) is 10.5 Å². The lowest BCUT2D eigenvalue weighted by Crippen LogP contribution is -2.29. The minimum absolute atomic E-state index is 0.0284. The van der Waals surface area contributed by atoms with Crippen molar-refractivity contribution in [3.63, 3.8) is 0 Å². The Morgan fingerprint density at radius 3 is 2.95 bits per heavy atom. The van der Waals surface area contributed by atoms with E-state index in [1.165, 1.54) is 0 Å². The second-order valence-electron chi connectivity index (χ2n) is 4.53. The van der Waals surface area contributed by atoms with Gasteiger partial charge in [-0.1, -0.05) is 19.1 Å². The maximum atomic E-state index is 11.9. The Morgan fingerprint density at radius 2 is 2.29 bits per heavy atom. The van der Waals surface area contributed by atoms with Gasteiger partial charge in [0.1, 0.15) is 10.8 Å². The summed E-state index contributed by atoms with van der Waals surface area (Å²) in [5.41, 5.74) is 6.35. The van der Waals surface area contributed by atoms with Crippen molar-refractivity contribution in [2.24, 2.45) is 0 Å². The number of benzene rings is 1. The Morgan fingerprint density at radius 1 is 1.48 bits per heavy atom. The van der Waals surface area contributed by atoms with Crippen molar-refractivity contribution in [1.29, 1.82) is 0 Å². The summed E-state index contributed by atoms with van der Waals surface area (Å²) in [5.74, 6) is 0.559. The van der Waals surface area contributed by atoms with Crippen LogP contribution in [0.15, 0.2) is 35.8 Å². The highest BCUT2D eigenvalue weighted by atomic mass is 32.1. The van der Waals surface area contributed by atoms with Crippen molar-refractivity contribution < 1.29 is 9.53 Å². The SMILES string of the molecule is CCC(NC(=O)CCOc1ccccc1N)c1nccs1. The van der Waals surface area contributed by atoms with E-state index < -0.39 is 0 Å². The molecular weight excluding hydrogens is 286 g/mol. The summed E-state index contributed by atoms with van der Waals surface area (Å²) >= 11 is 1.55. The Hall–Kier alpha value is -2.08. The first kappa shape index (κ1) is 15.3. The molecule has 1 unspecified atom stereocenters. The van der Waals surface area contributed by atoms with Gasteiger partial charge in [0.05, 0.1) is 24.8 Å². The van der Waals surface area contributed by atoms with Gasteiger partial charge >= 0.3 is 0 Å². The third kappa shape index (κ3) is 4.46. The first-order valence-corrected chi connectivity index (χ1v) is 7.74. The molecule has 1 amide bonds. The quantitative estimate of drug-likeness (QED) is 0.771. The van der Waals surface area contributed by atoms with Crippen LogP contribution in [-0.2, 0) is 4.79 Å². The first-order chi connectivity index (χ1) is 10.2. The van der Waals surface area contributed by atoms with E-state index in [0.29, 0.717) is 18.0 Å². The van der Waals surface area contributed by atoms with E-state index in [-0.39, 0.29) is 18.4 Å². The van der Waals surface area contributed by atoms with Crippen molar-refractivity contribution in [1.82, 2.24) is 10.3 Å². The topological polar surface area (TPSA) is 77.2 Å². The molecule has 1 heterocycles. The van der Waals surface area contributed by atoms with Gasteiger partial charge in [-0.2, -0.15) is 0 Å². The summed E-state index contributed by atoms with van der Waals surface area (Å²) in [6, 6.07) is 7.22. The second kappa shape index (κ2) is 7.64. The maximum Gasteiger partial charge on any atom is 0.223 e. The number of nitrogen functional groups attached to an aromatic ring is 1. The fourth-order valence-corrected chi connectivity index (χ4v) is 2.65. The maximum absolute atomic E-state index is 11.9. The van der Waals surface area contributed by atoms with Crippen molar-refractivity contribution >= 4 is 22.9 Å². The number of hydrogen-bond acceptors (Lipinski definition) is 5. The number of nitrogens with one attached hydrogen (secondary N) is 1. The molecule has 3 N–H and O–H groups in total. The van der Waals surface area contributed by atoms with Crippen molar-refractivity contribution in [2.45, 2.75) is 25.8 Å². The van der Waals surface area contributed by atoms with E-state index in [2.05, 4.69) is 10.3 Å². The zero-order valence-corrected chi connectivity index (χ0v) is 12.7. The molecule has 1 aromatic carbocycles. The molecule has 1 aromatic heterocycles. The number of ether oxygens (including phenoxy) is 1. The number of nitrogens with zero attached hydrogens (tertiary/aromatic N) is 1. The van der Waals surface area contributed by atoms with Crippen LogP contribution >= 0.6 is 11.3 Å². The fraction of sp³-hybridized carbons (Fsp3) is 0.333. The summed E-state index contributed by atoms with van der Waals surface area (Å²) in [4.78, 5) is 16.2. The van der Waals surface area contributed by atoms with Gasteiger partial charge < -0.3 is 15.8 Å². The zero-order valence-electron chi connectivity index (χ0n) is 11.9. The molecule has 112 valence electrons. The number of aromatic nitrogens is 1. The van der Waals surface area contributed by atoms with Gasteiger partial charge in [0.15, 0.2) is 0 Å². The molecule has 6 heteroatoms. The molecule has 5 nitrogen and oxygen atoms in total. The van der Waals surface area contributed by atoms with E-state index in [1.807, 2.05) is 24.4 Å². The normalized spacial score (nSPS) is 11.9. The molecule has 0 radical (unpaired) electrons. The molecule has 0 saturated heterocycles. The Labute approximate surface area is 128 Å². The molecule has 0 aliphatic rings. The molecule has 0 bridgehead atoms. The number of carbonyl (C=O) groups excluding carboxylic acids is 1. The van der Waals surface area contributed by atoms with Crippen LogP contribution in [0.5, 0.6) is 5.75 Å². The lowest BCUT2D eigenvalue weighted by atomic mass is 10.2. The van der Waals surface area contributed by atoms with Crippen LogP contribution in [-0.4, -0.2) is 17.5 Å². The largest absolute Gasteiger partial charge is 0.491 e. The summed E-state index contributed by atoms with van der Waals surface area (Å²) in [6.07, 6.45) is 2.85. The smallest absolute Gasteiger partial charge is 0.223 e. The van der Waals surface area contributed by atoms with Crippen LogP contribution in [0.4, 0.5) is 5.69 Å². The Balaban J connectivity index is 1.78. The minimum atomic E-state index is -0.0495. The highest BCUT2D eigenvalue weighted by Gasteiger charge is 2.14. The molecule has 0 saturated carbocycles. The predicted molar refractivity (Wildman–Crippen MR) is 84.3 cm³/mol. The number of thiazole rings is 1. The minimum Gasteiger partial charge on any atom is -0.491 e. The van der Waals surface area contributed by atoms with E-state index >= 15 is 0 Å². The highest BCUT2D eigenvalue weighted by Crippen LogP contribution is 2.20. The van der Waals surface area contributed by atoms with Gasteiger partial charge in [0.25, 0.3) is 0 Å². The van der Waals surface area contributed by atoms with E-state index in [9.17, 15) is 4.79 Å². The summed E-state index contributed by atoms with van der Waals surface area (Å²) < 4.78 is 5.51. The van der Waals surface area contributed by atoms with Gasteiger partial charge in [-0.25, -0.2) is 4.98 Å². The number of hydrogen-bond donors (Lipinski definition) is 2. The van der Waals surface area contributed by atoms with Crippen LogP contribution in [0.25, 0.3) is 0 Å². The van der Waals surface area contributed by atoms with Gasteiger partial charge in [-0.05, 0) is 18.6 Å². The van der Waals surface area contributed by atoms with Crippen LogP contribution in [0.3, 0.4) is 0 Å². The molecule has 0 spiro atoms. The first-order valence-electron chi connectivity index (χ1n) is 6.86. The number of amides is 1. The third-order valence-corrected chi connectivity index (χ3v) is 3.89. The van der Waals surface area contributed by atoms with E-state index in [0.717, 1.165) is 11.4 Å². The Kier molecular flexibility index (Phi) is 5.57. The highest BCUT2D eigenvalue weighted by molar-refractivity contribution is 7.09. The van der Waals surface area contributed by atoms with Crippen LogP contribution in [0, 0.1) is 0 Å². The molecule has 0 fully saturated rings. The third-order valence-electron chi connectivity index (χ3n) is 3.00. The van der Waals surface area contributed by atoms with Crippen molar-refractivity contribution in [3.05, 3.63) is 40.8 Å². The van der Waals surface area contributed by atoms with Gasteiger partial charge in [-0.3, -0.25) is 4.79 Å². The molecule has 2 rings (SSSR count). The average Bonchev–Trinajstić information content (AvgIpc) is 3.01. The lowest BCUT2D eigenvalue weighted by Gasteiger charge is -2.14. The van der Waals surface area contributed by atoms with Gasteiger partial charge in [-0.15, -0.1) is 11.3 Å². The van der Waals surface area contributed by atoms with Gasteiger partial charge in [0.2, 0.25) is 5.91 Å². The van der Waals surface area contributed by atoms with E-state index in [1.54, 1.807) is 29.7 Å². The molecule has 0 aliphatic carbocycles. The number of para-hydroxylation sites is 2. The van der Waals surface area contributed by atoms with Crippen LogP contribution in [0.2, 0.25) is 0 Å². The Bertz CT molecular complexity index is 572. The predicted octanol–water partition coefficient (Wildman–Crippen LogP) is 2.76. The number of nitrogens with two attached hydrogens (primary N) is 1. The van der Waals surface area contributed by atoms with Gasteiger partial charge in [0, 0.05) is 11.6 Å².